The largest absolute Gasteiger partial charge is 0.457 e. The molecule has 1 amide bonds. The number of hydrogen-bond donors (Lipinski definition) is 1. The molecule has 4 aromatic carbocycles. The van der Waals surface area contributed by atoms with Gasteiger partial charge in [0.15, 0.2) is 0 Å². The third kappa shape index (κ3) is 5.79. The number of benzene rings is 4. The van der Waals surface area contributed by atoms with Crippen LogP contribution in [0.3, 0.4) is 0 Å². The van der Waals surface area contributed by atoms with Crippen LogP contribution in [0.15, 0.2) is 115 Å². The van der Waals surface area contributed by atoms with Crippen molar-refractivity contribution in [3.05, 3.63) is 132 Å². The maximum Gasteiger partial charge on any atom is 0.255 e. The zero-order valence-corrected chi connectivity index (χ0v) is 19.7. The van der Waals surface area contributed by atoms with Crippen LogP contribution in [-0.2, 0) is 0 Å². The second-order valence-corrected chi connectivity index (χ2v) is 9.00. The van der Waals surface area contributed by atoms with Crippen LogP contribution in [0.25, 0.3) is 0 Å². The van der Waals surface area contributed by atoms with Crippen LogP contribution < -0.4 is 10.1 Å². The molecule has 4 heteroatoms. The van der Waals surface area contributed by atoms with Crippen LogP contribution in [0.4, 0.5) is 0 Å². The van der Waals surface area contributed by atoms with Crippen molar-refractivity contribution in [2.45, 2.75) is 18.4 Å². The van der Waals surface area contributed by atoms with Gasteiger partial charge in [-0.15, -0.1) is 0 Å². The van der Waals surface area contributed by atoms with Gasteiger partial charge in [0.05, 0.1) is 11.6 Å². The summed E-state index contributed by atoms with van der Waals surface area (Å²) in [5.74, 6) is 1.57. The van der Waals surface area contributed by atoms with Crippen LogP contribution in [0, 0.1) is 0 Å². The minimum Gasteiger partial charge on any atom is -0.457 e. The zero-order chi connectivity index (χ0) is 23.9. The third-order valence-corrected chi connectivity index (χ3v) is 6.53. The molecule has 4 aromatic rings. The highest BCUT2D eigenvalue weighted by molar-refractivity contribution is 5.97. The van der Waals surface area contributed by atoms with Gasteiger partial charge in [-0.1, -0.05) is 91.0 Å². The average Bonchev–Trinajstić information content (AvgIpc) is 2.89. The molecule has 1 aliphatic rings. The summed E-state index contributed by atoms with van der Waals surface area (Å²) >= 11 is 0. The standard InChI is InChI=1S/C31H30N2O2/c34-31(29-18-10-11-19-30(29)35-27-16-8-3-9-17-27)32-26-22-33(23-26)21-20-28(24-12-4-1-5-13-24)25-14-6-2-7-15-25/h1-19,26,28H,20-23H2,(H,32,34). The van der Waals surface area contributed by atoms with E-state index in [0.717, 1.165) is 26.1 Å². The normalized spacial score (nSPS) is 13.9. The molecule has 4 nitrogen and oxygen atoms in total. The van der Waals surface area contributed by atoms with Gasteiger partial charge >= 0.3 is 0 Å². The van der Waals surface area contributed by atoms with Crippen molar-refractivity contribution in [3.8, 4) is 11.5 Å². The van der Waals surface area contributed by atoms with Crippen LogP contribution in [0.5, 0.6) is 11.5 Å². The lowest BCUT2D eigenvalue weighted by Gasteiger charge is -2.40. The van der Waals surface area contributed by atoms with Crippen LogP contribution in [-0.4, -0.2) is 36.5 Å². The quantitative estimate of drug-likeness (QED) is 0.326. The van der Waals surface area contributed by atoms with E-state index in [-0.39, 0.29) is 11.9 Å². The minimum atomic E-state index is -0.0902. The number of rotatable bonds is 9. The summed E-state index contributed by atoms with van der Waals surface area (Å²) in [4.78, 5) is 15.4. The smallest absolute Gasteiger partial charge is 0.255 e. The predicted molar refractivity (Wildman–Crippen MR) is 140 cm³/mol. The zero-order valence-electron chi connectivity index (χ0n) is 19.7. The Morgan fingerprint density at radius 2 is 1.31 bits per heavy atom. The summed E-state index contributed by atoms with van der Waals surface area (Å²) in [6.45, 7) is 2.72. The molecule has 0 aliphatic carbocycles. The number of likely N-dealkylation sites (tertiary alicyclic amines) is 1. The van der Waals surface area contributed by atoms with Gasteiger partial charge in [-0.3, -0.25) is 9.69 Å². The topological polar surface area (TPSA) is 41.6 Å². The molecule has 1 saturated heterocycles. The maximum absolute atomic E-state index is 13.0. The van der Waals surface area contributed by atoms with Gasteiger partial charge in [0.1, 0.15) is 11.5 Å². The Morgan fingerprint density at radius 3 is 1.94 bits per heavy atom. The monoisotopic (exact) mass is 462 g/mol. The van der Waals surface area contributed by atoms with Crippen molar-refractivity contribution in [1.29, 1.82) is 0 Å². The molecule has 1 aliphatic heterocycles. The number of carbonyl (C=O) groups excluding carboxylic acids is 1. The van der Waals surface area contributed by atoms with Crippen molar-refractivity contribution in [3.63, 3.8) is 0 Å². The summed E-state index contributed by atoms with van der Waals surface area (Å²) in [5, 5.41) is 3.18. The van der Waals surface area contributed by atoms with Crippen molar-refractivity contribution in [2.75, 3.05) is 19.6 Å². The lowest BCUT2D eigenvalue weighted by atomic mass is 9.88. The van der Waals surface area contributed by atoms with E-state index in [1.54, 1.807) is 0 Å². The van der Waals surface area contributed by atoms with E-state index in [2.05, 4.69) is 70.9 Å². The Morgan fingerprint density at radius 1 is 0.771 bits per heavy atom. The molecule has 0 atom stereocenters. The summed E-state index contributed by atoms with van der Waals surface area (Å²) < 4.78 is 5.96. The Labute approximate surface area is 207 Å². The molecule has 5 rings (SSSR count). The number of amides is 1. The fourth-order valence-electron chi connectivity index (χ4n) is 4.67. The summed E-state index contributed by atoms with van der Waals surface area (Å²) in [6, 6.07) is 38.5. The molecule has 0 bridgehead atoms. The Balaban J connectivity index is 1.16. The highest BCUT2D eigenvalue weighted by Crippen LogP contribution is 2.29. The summed E-state index contributed by atoms with van der Waals surface area (Å²) in [6.07, 6.45) is 1.04. The molecular formula is C31H30N2O2. The number of nitrogens with one attached hydrogen (secondary N) is 1. The molecule has 0 aromatic heterocycles. The Kier molecular flexibility index (Phi) is 7.21. The summed E-state index contributed by atoms with van der Waals surface area (Å²) in [7, 11) is 0. The predicted octanol–water partition coefficient (Wildman–Crippen LogP) is 6.12. The lowest BCUT2D eigenvalue weighted by molar-refractivity contribution is 0.0805. The van der Waals surface area contributed by atoms with Gasteiger partial charge in [0, 0.05) is 19.0 Å². The van der Waals surface area contributed by atoms with E-state index in [1.165, 1.54) is 11.1 Å². The van der Waals surface area contributed by atoms with Crippen molar-refractivity contribution >= 4 is 5.91 Å². The molecule has 0 radical (unpaired) electrons. The number of ether oxygens (including phenoxy) is 1. The molecule has 1 heterocycles. The molecule has 1 N–H and O–H groups in total. The molecular weight excluding hydrogens is 432 g/mol. The van der Waals surface area contributed by atoms with E-state index < -0.39 is 0 Å². The van der Waals surface area contributed by atoms with Crippen LogP contribution in [0.2, 0.25) is 0 Å². The lowest BCUT2D eigenvalue weighted by Crippen LogP contribution is -2.59. The van der Waals surface area contributed by atoms with Gasteiger partial charge < -0.3 is 10.1 Å². The first-order chi connectivity index (χ1) is 17.3. The van der Waals surface area contributed by atoms with E-state index >= 15 is 0 Å². The molecule has 0 unspecified atom stereocenters. The number of carbonyl (C=O) groups is 1. The van der Waals surface area contributed by atoms with Crippen molar-refractivity contribution in [2.24, 2.45) is 0 Å². The molecule has 0 saturated carbocycles. The second kappa shape index (κ2) is 11.0. The molecule has 0 spiro atoms. The van der Waals surface area contributed by atoms with Gasteiger partial charge in [0.25, 0.3) is 5.91 Å². The van der Waals surface area contributed by atoms with Gasteiger partial charge in [-0.05, 0) is 48.4 Å². The summed E-state index contributed by atoms with van der Waals surface area (Å²) in [5.41, 5.74) is 3.25. The van der Waals surface area contributed by atoms with Crippen LogP contribution in [0.1, 0.15) is 33.8 Å². The third-order valence-electron chi connectivity index (χ3n) is 6.53. The Bertz CT molecular complexity index is 1180. The molecule has 35 heavy (non-hydrogen) atoms. The highest BCUT2D eigenvalue weighted by Gasteiger charge is 2.29. The maximum atomic E-state index is 13.0. The number of para-hydroxylation sites is 2. The number of nitrogens with zero attached hydrogens (tertiary/aromatic N) is 1. The van der Waals surface area contributed by atoms with E-state index in [1.807, 2.05) is 54.6 Å². The van der Waals surface area contributed by atoms with Crippen molar-refractivity contribution in [1.82, 2.24) is 10.2 Å². The minimum absolute atomic E-state index is 0.0902. The first kappa shape index (κ1) is 22.9. The van der Waals surface area contributed by atoms with Crippen molar-refractivity contribution < 1.29 is 9.53 Å². The first-order valence-electron chi connectivity index (χ1n) is 12.2. The number of hydrogen-bond acceptors (Lipinski definition) is 3. The second-order valence-electron chi connectivity index (χ2n) is 9.00. The fraction of sp³-hybridized carbons (Fsp3) is 0.194. The van der Waals surface area contributed by atoms with Crippen LogP contribution >= 0.6 is 0 Å². The molecule has 1 fully saturated rings. The van der Waals surface area contributed by atoms with Gasteiger partial charge in [-0.2, -0.15) is 0 Å². The Hall–Kier alpha value is -3.89. The van der Waals surface area contributed by atoms with Gasteiger partial charge in [0.2, 0.25) is 0 Å². The average molecular weight is 463 g/mol. The van der Waals surface area contributed by atoms with E-state index in [0.29, 0.717) is 23.0 Å². The first-order valence-corrected chi connectivity index (χ1v) is 12.2. The highest BCUT2D eigenvalue weighted by atomic mass is 16.5. The molecule has 176 valence electrons. The van der Waals surface area contributed by atoms with E-state index in [9.17, 15) is 4.79 Å². The fourth-order valence-corrected chi connectivity index (χ4v) is 4.67. The SMILES string of the molecule is O=C(NC1CN(CCC(c2ccccc2)c2ccccc2)C1)c1ccccc1Oc1ccccc1. The van der Waals surface area contributed by atoms with Gasteiger partial charge in [-0.25, -0.2) is 0 Å². The van der Waals surface area contributed by atoms with E-state index in [4.69, 9.17) is 4.74 Å².